The second-order valence-electron chi connectivity index (χ2n) is 7.10. The highest BCUT2D eigenvalue weighted by atomic mass is 79.9. The molecular weight excluding hydrogens is 491 g/mol. The molecule has 1 fully saturated rings. The first kappa shape index (κ1) is 23.6. The summed E-state index contributed by atoms with van der Waals surface area (Å²) in [5.41, 5.74) is 1.99. The van der Waals surface area contributed by atoms with Crippen LogP contribution in [0.4, 0.5) is 0 Å². The van der Waals surface area contributed by atoms with E-state index in [0.29, 0.717) is 28.2 Å². The standard InChI is InChI=1S/C22H27BrCl2N2O3/c1-28-21-11-17(14-26-5-2-6-27-7-9-29-10-8-27)19(23)13-22(21)30-15-16-3-4-18(24)12-20(16)25/h3-4,11-13,26H,2,5-10,14-15H2,1H3. The molecule has 0 unspecified atom stereocenters. The number of halogens is 3. The van der Waals surface area contributed by atoms with Crippen molar-refractivity contribution >= 4 is 39.1 Å². The number of morpholine rings is 1. The summed E-state index contributed by atoms with van der Waals surface area (Å²) in [4.78, 5) is 2.45. The van der Waals surface area contributed by atoms with Crippen LogP contribution >= 0.6 is 39.1 Å². The molecular formula is C22H27BrCl2N2O3. The Morgan fingerprint density at radius 3 is 2.63 bits per heavy atom. The molecule has 3 rings (SSSR count). The number of hydrogen-bond donors (Lipinski definition) is 1. The second-order valence-corrected chi connectivity index (χ2v) is 8.80. The molecule has 30 heavy (non-hydrogen) atoms. The fraction of sp³-hybridized carbons (Fsp3) is 0.455. The van der Waals surface area contributed by atoms with E-state index in [4.69, 9.17) is 37.4 Å². The van der Waals surface area contributed by atoms with Crippen LogP contribution in [0.2, 0.25) is 10.0 Å². The van der Waals surface area contributed by atoms with Crippen LogP contribution in [0.5, 0.6) is 11.5 Å². The highest BCUT2D eigenvalue weighted by Gasteiger charge is 2.12. The Kier molecular flexibility index (Phi) is 9.56. The minimum atomic E-state index is 0.331. The normalized spacial score (nSPS) is 14.7. The van der Waals surface area contributed by atoms with Crippen molar-refractivity contribution in [3.8, 4) is 11.5 Å². The summed E-state index contributed by atoms with van der Waals surface area (Å²) < 4.78 is 17.9. The number of benzene rings is 2. The van der Waals surface area contributed by atoms with Crippen LogP contribution in [-0.4, -0.2) is 51.4 Å². The van der Waals surface area contributed by atoms with Gasteiger partial charge in [0.05, 0.1) is 20.3 Å². The zero-order chi connectivity index (χ0) is 21.3. The van der Waals surface area contributed by atoms with Gasteiger partial charge in [0.25, 0.3) is 0 Å². The minimum Gasteiger partial charge on any atom is -0.493 e. The van der Waals surface area contributed by atoms with Crippen LogP contribution in [-0.2, 0) is 17.9 Å². The van der Waals surface area contributed by atoms with Crippen molar-refractivity contribution in [2.24, 2.45) is 0 Å². The van der Waals surface area contributed by atoms with E-state index in [2.05, 4.69) is 26.1 Å². The summed E-state index contributed by atoms with van der Waals surface area (Å²) in [5, 5.41) is 4.69. The van der Waals surface area contributed by atoms with Gasteiger partial charge in [-0.2, -0.15) is 0 Å². The van der Waals surface area contributed by atoms with E-state index in [1.165, 1.54) is 0 Å². The van der Waals surface area contributed by atoms with Crippen molar-refractivity contribution in [1.29, 1.82) is 0 Å². The summed E-state index contributed by atoms with van der Waals surface area (Å²) in [6.07, 6.45) is 1.11. The van der Waals surface area contributed by atoms with Gasteiger partial charge >= 0.3 is 0 Å². The molecule has 0 saturated carbocycles. The summed E-state index contributed by atoms with van der Waals surface area (Å²) in [7, 11) is 1.64. The quantitative estimate of drug-likeness (QED) is 0.441. The fourth-order valence-electron chi connectivity index (χ4n) is 3.25. The average Bonchev–Trinajstić information content (AvgIpc) is 2.74. The Hall–Kier alpha value is -1.02. The summed E-state index contributed by atoms with van der Waals surface area (Å²) in [6, 6.07) is 9.31. The maximum absolute atomic E-state index is 6.24. The molecule has 1 saturated heterocycles. The van der Waals surface area contributed by atoms with Crippen LogP contribution in [0, 0.1) is 0 Å². The van der Waals surface area contributed by atoms with Gasteiger partial charge in [-0.15, -0.1) is 0 Å². The molecule has 1 aliphatic heterocycles. The van der Waals surface area contributed by atoms with E-state index in [1.54, 1.807) is 19.2 Å². The van der Waals surface area contributed by atoms with Crippen LogP contribution in [0.25, 0.3) is 0 Å². The van der Waals surface area contributed by atoms with E-state index < -0.39 is 0 Å². The molecule has 0 radical (unpaired) electrons. The van der Waals surface area contributed by atoms with Gasteiger partial charge in [0, 0.05) is 39.7 Å². The van der Waals surface area contributed by atoms with E-state index in [-0.39, 0.29) is 0 Å². The molecule has 1 N–H and O–H groups in total. The zero-order valence-corrected chi connectivity index (χ0v) is 20.2. The number of methoxy groups -OCH3 is 1. The predicted molar refractivity (Wildman–Crippen MR) is 125 cm³/mol. The third kappa shape index (κ3) is 7.01. The van der Waals surface area contributed by atoms with E-state index in [0.717, 1.165) is 68.0 Å². The molecule has 0 aliphatic carbocycles. The number of hydrogen-bond acceptors (Lipinski definition) is 5. The van der Waals surface area contributed by atoms with E-state index >= 15 is 0 Å². The second kappa shape index (κ2) is 12.1. The largest absolute Gasteiger partial charge is 0.493 e. The third-order valence-corrected chi connectivity index (χ3v) is 6.30. The lowest BCUT2D eigenvalue weighted by molar-refractivity contribution is 0.0374. The van der Waals surface area contributed by atoms with Crippen LogP contribution < -0.4 is 14.8 Å². The molecule has 0 spiro atoms. The Morgan fingerprint density at radius 1 is 1.10 bits per heavy atom. The number of nitrogens with one attached hydrogen (secondary N) is 1. The molecule has 0 bridgehead atoms. The zero-order valence-electron chi connectivity index (χ0n) is 17.1. The lowest BCUT2D eigenvalue weighted by Gasteiger charge is -2.26. The maximum atomic E-state index is 6.24. The van der Waals surface area contributed by atoms with Crippen molar-refractivity contribution in [1.82, 2.24) is 10.2 Å². The Labute approximate surface area is 196 Å². The smallest absolute Gasteiger partial charge is 0.162 e. The van der Waals surface area contributed by atoms with Crippen molar-refractivity contribution in [2.75, 3.05) is 46.5 Å². The number of ether oxygens (including phenoxy) is 3. The van der Waals surface area contributed by atoms with Gasteiger partial charge in [-0.3, -0.25) is 4.90 Å². The van der Waals surface area contributed by atoms with Gasteiger partial charge in [-0.05, 0) is 49.3 Å². The van der Waals surface area contributed by atoms with Gasteiger partial charge in [0.15, 0.2) is 11.5 Å². The fourth-order valence-corrected chi connectivity index (χ4v) is 4.18. The van der Waals surface area contributed by atoms with Gasteiger partial charge < -0.3 is 19.5 Å². The van der Waals surface area contributed by atoms with Gasteiger partial charge in [-0.1, -0.05) is 45.2 Å². The molecule has 1 aliphatic rings. The monoisotopic (exact) mass is 516 g/mol. The molecule has 0 aromatic heterocycles. The third-order valence-electron chi connectivity index (χ3n) is 4.98. The maximum Gasteiger partial charge on any atom is 0.162 e. The van der Waals surface area contributed by atoms with Gasteiger partial charge in [0.1, 0.15) is 6.61 Å². The summed E-state index contributed by atoms with van der Waals surface area (Å²) >= 11 is 15.8. The topological polar surface area (TPSA) is 43.0 Å². The van der Waals surface area contributed by atoms with Crippen LogP contribution in [0.1, 0.15) is 17.5 Å². The predicted octanol–water partition coefficient (Wildman–Crippen LogP) is 5.16. The average molecular weight is 518 g/mol. The Balaban J connectivity index is 1.51. The van der Waals surface area contributed by atoms with E-state index in [9.17, 15) is 0 Å². The molecule has 2 aromatic carbocycles. The highest BCUT2D eigenvalue weighted by Crippen LogP contribution is 2.34. The molecule has 0 amide bonds. The van der Waals surface area contributed by atoms with Crippen molar-refractivity contribution in [2.45, 2.75) is 19.6 Å². The molecule has 164 valence electrons. The van der Waals surface area contributed by atoms with Crippen LogP contribution in [0.3, 0.4) is 0 Å². The molecule has 5 nitrogen and oxygen atoms in total. The first-order chi connectivity index (χ1) is 14.6. The molecule has 0 atom stereocenters. The Morgan fingerprint density at radius 2 is 1.90 bits per heavy atom. The molecule has 2 aromatic rings. The van der Waals surface area contributed by atoms with Gasteiger partial charge in [-0.25, -0.2) is 0 Å². The van der Waals surface area contributed by atoms with Gasteiger partial charge in [0.2, 0.25) is 0 Å². The first-order valence-corrected chi connectivity index (χ1v) is 11.6. The number of rotatable bonds is 10. The first-order valence-electron chi connectivity index (χ1n) is 10.0. The lowest BCUT2D eigenvalue weighted by Crippen LogP contribution is -2.37. The molecule has 8 heteroatoms. The Bertz CT molecular complexity index is 832. The lowest BCUT2D eigenvalue weighted by atomic mass is 10.2. The SMILES string of the molecule is COc1cc(CNCCCN2CCOCC2)c(Br)cc1OCc1ccc(Cl)cc1Cl. The minimum absolute atomic E-state index is 0.331. The summed E-state index contributed by atoms with van der Waals surface area (Å²) in [5.74, 6) is 1.35. The number of nitrogens with zero attached hydrogens (tertiary/aromatic N) is 1. The van der Waals surface area contributed by atoms with Crippen molar-refractivity contribution in [3.63, 3.8) is 0 Å². The van der Waals surface area contributed by atoms with Crippen molar-refractivity contribution < 1.29 is 14.2 Å². The van der Waals surface area contributed by atoms with Crippen LogP contribution in [0.15, 0.2) is 34.8 Å². The van der Waals surface area contributed by atoms with Crippen molar-refractivity contribution in [3.05, 3.63) is 56.0 Å². The summed E-state index contributed by atoms with van der Waals surface area (Å²) in [6.45, 7) is 6.90. The molecule has 1 heterocycles. The highest BCUT2D eigenvalue weighted by molar-refractivity contribution is 9.10. The van der Waals surface area contributed by atoms with E-state index in [1.807, 2.05) is 18.2 Å².